The standard InChI is InChI=1S/C22H26N4O5/c1-15(20(23)28)25-19(27)13-24-21(29)18(12-16-8-4-2-5-9-16)26-22(30)31-14-17-10-6-3-7-11-17/h2-11,15,18H,12-14H2,1H3,(H2,23,28)(H,24,29)(H,25,27)(H,26,30)/t15-,18-/m0/s1. The third-order valence-electron chi connectivity index (χ3n) is 4.33. The van der Waals surface area contributed by atoms with E-state index in [4.69, 9.17) is 10.5 Å². The molecule has 0 aliphatic rings. The highest BCUT2D eigenvalue weighted by Crippen LogP contribution is 2.05. The van der Waals surface area contributed by atoms with Crippen LogP contribution in [0.3, 0.4) is 0 Å². The molecule has 0 bridgehead atoms. The number of carbonyl (C=O) groups is 4. The number of primary amides is 1. The number of nitrogens with one attached hydrogen (secondary N) is 3. The first-order chi connectivity index (χ1) is 14.8. The first-order valence-electron chi connectivity index (χ1n) is 9.72. The third kappa shape index (κ3) is 8.57. The van der Waals surface area contributed by atoms with Gasteiger partial charge in [-0.3, -0.25) is 14.4 Å². The molecule has 0 saturated carbocycles. The van der Waals surface area contributed by atoms with Crippen molar-refractivity contribution in [3.63, 3.8) is 0 Å². The number of ether oxygens (including phenoxy) is 1. The number of hydrogen-bond donors (Lipinski definition) is 4. The fourth-order valence-electron chi connectivity index (χ4n) is 2.62. The molecule has 0 aromatic heterocycles. The molecule has 2 rings (SSSR count). The van der Waals surface area contributed by atoms with Crippen LogP contribution in [-0.2, 0) is 32.1 Å². The highest BCUT2D eigenvalue weighted by atomic mass is 16.5. The van der Waals surface area contributed by atoms with Crippen LogP contribution in [0.4, 0.5) is 4.79 Å². The molecule has 9 heteroatoms. The Bertz CT molecular complexity index is 889. The van der Waals surface area contributed by atoms with Crippen molar-refractivity contribution in [3.05, 3.63) is 71.8 Å². The molecule has 2 atom stereocenters. The molecule has 0 fully saturated rings. The second kappa shape index (κ2) is 12.0. The van der Waals surface area contributed by atoms with Crippen LogP contribution in [0.5, 0.6) is 0 Å². The highest BCUT2D eigenvalue weighted by molar-refractivity contribution is 5.91. The fourth-order valence-corrected chi connectivity index (χ4v) is 2.62. The Morgan fingerprint density at radius 3 is 2.06 bits per heavy atom. The van der Waals surface area contributed by atoms with E-state index in [1.165, 1.54) is 6.92 Å². The van der Waals surface area contributed by atoms with Crippen molar-refractivity contribution < 1.29 is 23.9 Å². The molecule has 0 spiro atoms. The van der Waals surface area contributed by atoms with Gasteiger partial charge in [0.15, 0.2) is 0 Å². The zero-order valence-corrected chi connectivity index (χ0v) is 17.2. The summed E-state index contributed by atoms with van der Waals surface area (Å²) in [7, 11) is 0. The average Bonchev–Trinajstić information content (AvgIpc) is 2.77. The fraction of sp³-hybridized carbons (Fsp3) is 0.273. The molecule has 164 valence electrons. The van der Waals surface area contributed by atoms with Crippen molar-refractivity contribution in [2.45, 2.75) is 32.0 Å². The number of alkyl carbamates (subject to hydrolysis) is 1. The summed E-state index contributed by atoms with van der Waals surface area (Å²) in [5.74, 6) is -1.84. The monoisotopic (exact) mass is 426 g/mol. The van der Waals surface area contributed by atoms with E-state index in [1.54, 1.807) is 0 Å². The maximum Gasteiger partial charge on any atom is 0.408 e. The van der Waals surface area contributed by atoms with Gasteiger partial charge in [0.2, 0.25) is 17.7 Å². The van der Waals surface area contributed by atoms with Gasteiger partial charge >= 0.3 is 6.09 Å². The normalized spacial score (nSPS) is 12.2. The lowest BCUT2D eigenvalue weighted by molar-refractivity contribution is -0.129. The first-order valence-corrected chi connectivity index (χ1v) is 9.72. The van der Waals surface area contributed by atoms with Crippen LogP contribution in [-0.4, -0.2) is 42.4 Å². The van der Waals surface area contributed by atoms with E-state index in [2.05, 4.69) is 16.0 Å². The molecule has 31 heavy (non-hydrogen) atoms. The van der Waals surface area contributed by atoms with Crippen LogP contribution in [0.15, 0.2) is 60.7 Å². The van der Waals surface area contributed by atoms with Crippen molar-refractivity contribution in [1.29, 1.82) is 0 Å². The predicted octanol–water partition coefficient (Wildman–Crippen LogP) is 0.630. The topological polar surface area (TPSA) is 140 Å². The molecule has 5 N–H and O–H groups in total. The molecule has 0 unspecified atom stereocenters. The highest BCUT2D eigenvalue weighted by Gasteiger charge is 2.23. The average molecular weight is 426 g/mol. The van der Waals surface area contributed by atoms with Gasteiger partial charge in [-0.1, -0.05) is 60.7 Å². The van der Waals surface area contributed by atoms with Gasteiger partial charge in [0, 0.05) is 6.42 Å². The van der Waals surface area contributed by atoms with Crippen molar-refractivity contribution in [3.8, 4) is 0 Å². The molecule has 0 aliphatic carbocycles. The molecule has 0 heterocycles. The van der Waals surface area contributed by atoms with E-state index in [9.17, 15) is 19.2 Å². The lowest BCUT2D eigenvalue weighted by Crippen LogP contribution is -2.51. The van der Waals surface area contributed by atoms with Crippen LogP contribution >= 0.6 is 0 Å². The second-order valence-electron chi connectivity index (χ2n) is 6.86. The van der Waals surface area contributed by atoms with E-state index in [1.807, 2.05) is 60.7 Å². The molecule has 0 saturated heterocycles. The number of nitrogens with two attached hydrogens (primary N) is 1. The predicted molar refractivity (Wildman–Crippen MR) is 114 cm³/mol. The van der Waals surface area contributed by atoms with Gasteiger partial charge in [-0.15, -0.1) is 0 Å². The lowest BCUT2D eigenvalue weighted by atomic mass is 10.1. The number of carbonyl (C=O) groups excluding carboxylic acids is 4. The maximum absolute atomic E-state index is 12.6. The summed E-state index contributed by atoms with van der Waals surface area (Å²) >= 11 is 0. The van der Waals surface area contributed by atoms with Crippen LogP contribution in [0.1, 0.15) is 18.1 Å². The van der Waals surface area contributed by atoms with Gasteiger partial charge in [0.05, 0.1) is 6.54 Å². The molecule has 0 radical (unpaired) electrons. The summed E-state index contributed by atoms with van der Waals surface area (Å²) in [6.07, 6.45) is -0.557. The summed E-state index contributed by atoms with van der Waals surface area (Å²) in [4.78, 5) is 47.8. The van der Waals surface area contributed by atoms with E-state index < -0.39 is 35.9 Å². The van der Waals surface area contributed by atoms with Crippen molar-refractivity contribution in [1.82, 2.24) is 16.0 Å². The van der Waals surface area contributed by atoms with E-state index in [0.717, 1.165) is 11.1 Å². The molecule has 9 nitrogen and oxygen atoms in total. The van der Waals surface area contributed by atoms with E-state index >= 15 is 0 Å². The smallest absolute Gasteiger partial charge is 0.408 e. The number of rotatable bonds is 10. The zero-order chi connectivity index (χ0) is 22.6. The Labute approximate surface area is 180 Å². The van der Waals surface area contributed by atoms with Crippen molar-refractivity contribution in [2.75, 3.05) is 6.54 Å². The second-order valence-corrected chi connectivity index (χ2v) is 6.86. The number of hydrogen-bond acceptors (Lipinski definition) is 5. The lowest BCUT2D eigenvalue weighted by Gasteiger charge is -2.19. The Kier molecular flexibility index (Phi) is 9.03. The number of amides is 4. The minimum absolute atomic E-state index is 0.0553. The van der Waals surface area contributed by atoms with Crippen LogP contribution < -0.4 is 21.7 Å². The summed E-state index contributed by atoms with van der Waals surface area (Å²) in [6.45, 7) is 1.12. The quantitative estimate of drug-likeness (QED) is 0.441. The summed E-state index contributed by atoms with van der Waals surface area (Å²) < 4.78 is 5.19. The van der Waals surface area contributed by atoms with Crippen molar-refractivity contribution in [2.24, 2.45) is 5.73 Å². The van der Waals surface area contributed by atoms with Crippen LogP contribution in [0.2, 0.25) is 0 Å². The summed E-state index contributed by atoms with van der Waals surface area (Å²) in [6, 6.07) is 16.4. The summed E-state index contributed by atoms with van der Waals surface area (Å²) in [5, 5.41) is 7.35. The molecule has 2 aromatic carbocycles. The van der Waals surface area contributed by atoms with Crippen LogP contribution in [0, 0.1) is 0 Å². The third-order valence-corrected chi connectivity index (χ3v) is 4.33. The van der Waals surface area contributed by atoms with Gasteiger partial charge in [-0.2, -0.15) is 0 Å². The van der Waals surface area contributed by atoms with E-state index in [-0.39, 0.29) is 19.6 Å². The first kappa shape index (κ1) is 23.4. The molecule has 2 aromatic rings. The van der Waals surface area contributed by atoms with E-state index in [0.29, 0.717) is 0 Å². The Morgan fingerprint density at radius 1 is 0.903 bits per heavy atom. The molecule has 0 aliphatic heterocycles. The largest absolute Gasteiger partial charge is 0.445 e. The SMILES string of the molecule is C[C@H](NC(=O)CNC(=O)[C@H](Cc1ccccc1)NC(=O)OCc1ccccc1)C(N)=O. The molecular weight excluding hydrogens is 400 g/mol. The minimum Gasteiger partial charge on any atom is -0.445 e. The van der Waals surface area contributed by atoms with Gasteiger partial charge < -0.3 is 26.4 Å². The number of benzene rings is 2. The summed E-state index contributed by atoms with van der Waals surface area (Å²) in [5.41, 5.74) is 6.72. The molecular formula is C22H26N4O5. The van der Waals surface area contributed by atoms with Crippen molar-refractivity contribution >= 4 is 23.8 Å². The van der Waals surface area contributed by atoms with Gasteiger partial charge in [-0.25, -0.2) is 4.79 Å². The van der Waals surface area contributed by atoms with Crippen LogP contribution in [0.25, 0.3) is 0 Å². The van der Waals surface area contributed by atoms with Gasteiger partial charge in [0.1, 0.15) is 18.7 Å². The van der Waals surface area contributed by atoms with Gasteiger partial charge in [-0.05, 0) is 18.1 Å². The maximum atomic E-state index is 12.6. The Morgan fingerprint density at radius 2 is 1.48 bits per heavy atom. The van der Waals surface area contributed by atoms with Gasteiger partial charge in [0.25, 0.3) is 0 Å². The zero-order valence-electron chi connectivity index (χ0n) is 17.2. The molecule has 4 amide bonds. The Hall–Kier alpha value is -3.88. The minimum atomic E-state index is -0.966. The Balaban J connectivity index is 1.95.